The summed E-state index contributed by atoms with van der Waals surface area (Å²) in [5.74, 6) is 1.57. The molecule has 2 saturated carbocycles. The van der Waals surface area contributed by atoms with E-state index in [1.807, 2.05) is 51.0 Å². The van der Waals surface area contributed by atoms with Gasteiger partial charge in [-0.15, -0.1) is 0 Å². The van der Waals surface area contributed by atoms with Crippen molar-refractivity contribution in [2.75, 3.05) is 19.7 Å². The third-order valence-corrected chi connectivity index (χ3v) is 5.99. The third kappa shape index (κ3) is 5.14. The number of allylic oxidation sites excluding steroid dienone is 1. The molecule has 6 rings (SSSR count). The van der Waals surface area contributed by atoms with Gasteiger partial charge in [-0.05, 0) is 97.6 Å². The largest absolute Gasteiger partial charge is 2.00 e. The Balaban J connectivity index is 0.000000376. The topological polar surface area (TPSA) is 45.1 Å². The molecule has 0 aromatic rings. The van der Waals surface area contributed by atoms with Crippen molar-refractivity contribution in [3.8, 4) is 0 Å². The number of rotatable bonds is 4. The van der Waals surface area contributed by atoms with E-state index in [1.54, 1.807) is 6.08 Å². The maximum Gasteiger partial charge on any atom is 2.00 e. The van der Waals surface area contributed by atoms with Gasteiger partial charge in [0.2, 0.25) is 0 Å². The Morgan fingerprint density at radius 3 is 2.23 bits per heavy atom. The standard InChI is InChI=1S/C19H24N3O2.C5H5.Fe/c1-3-24-16(23)12-13(2)22-18(15-6-4-5-7-15)19-17(20-22)14-8-10-21(19)11-9-14;1-2-4-5-3-1;/h4-7,12,14,18-19H,3,8-11H2,1-2H3;1-5H;/q;;+2/b13-12+;;/t18-,19+;;/m1../s1. The molecule has 0 spiro atoms. The van der Waals surface area contributed by atoms with Gasteiger partial charge in [-0.25, -0.2) is 4.79 Å². The number of ether oxygens (including phenoxy) is 1. The predicted octanol–water partition coefficient (Wildman–Crippen LogP) is 3.01. The van der Waals surface area contributed by atoms with Crippen LogP contribution in [0.1, 0.15) is 26.7 Å². The first-order chi connectivity index (χ1) is 14.2. The quantitative estimate of drug-likeness (QED) is 0.378. The number of esters is 1. The molecule has 0 unspecified atom stereocenters. The van der Waals surface area contributed by atoms with E-state index in [1.165, 1.54) is 24.5 Å². The van der Waals surface area contributed by atoms with Crippen LogP contribution in [0.25, 0.3) is 0 Å². The Labute approximate surface area is 193 Å². The van der Waals surface area contributed by atoms with E-state index in [-0.39, 0.29) is 29.1 Å². The van der Waals surface area contributed by atoms with Gasteiger partial charge in [-0.3, -0.25) is 9.91 Å². The van der Waals surface area contributed by atoms with E-state index in [4.69, 9.17) is 9.84 Å². The Morgan fingerprint density at radius 1 is 1.07 bits per heavy atom. The fourth-order valence-electron chi connectivity index (χ4n) is 4.67. The van der Waals surface area contributed by atoms with Crippen molar-refractivity contribution in [1.82, 2.24) is 9.91 Å². The fraction of sp³-hybridized carbons (Fsp3) is 0.417. The molecule has 5 nitrogen and oxygen atoms in total. The number of carbonyl (C=O) groups excluding carboxylic acids is 1. The van der Waals surface area contributed by atoms with Gasteiger partial charge in [-0.2, -0.15) is 5.10 Å². The van der Waals surface area contributed by atoms with Crippen LogP contribution < -0.4 is 0 Å². The summed E-state index contributed by atoms with van der Waals surface area (Å²) in [7, 11) is 0. The van der Waals surface area contributed by atoms with Gasteiger partial charge in [0.1, 0.15) is 0 Å². The summed E-state index contributed by atoms with van der Waals surface area (Å²) in [5, 5.41) is 7.02. The molecule has 0 aromatic heterocycles. The molecule has 6 heteroatoms. The van der Waals surface area contributed by atoms with Crippen LogP contribution in [0.3, 0.4) is 0 Å². The van der Waals surface area contributed by atoms with Crippen molar-refractivity contribution in [1.29, 1.82) is 0 Å². The number of nitrogens with zero attached hydrogens (tertiary/aromatic N) is 3. The Morgan fingerprint density at radius 2 is 1.67 bits per heavy atom. The van der Waals surface area contributed by atoms with E-state index < -0.39 is 0 Å². The normalized spacial score (nSPS) is 32.8. The molecule has 10 radical (unpaired) electrons. The minimum Gasteiger partial charge on any atom is -0.463 e. The number of hydrogen-bond acceptors (Lipinski definition) is 5. The summed E-state index contributed by atoms with van der Waals surface area (Å²) >= 11 is 0. The number of piperidine rings is 3. The van der Waals surface area contributed by atoms with Crippen LogP contribution in [-0.2, 0) is 26.6 Å². The monoisotopic (exact) mass is 447 g/mol. The van der Waals surface area contributed by atoms with Crippen molar-refractivity contribution in [3.05, 3.63) is 75.5 Å². The molecule has 2 aliphatic carbocycles. The minimum absolute atomic E-state index is 0. The molecule has 30 heavy (non-hydrogen) atoms. The molecular formula is C24H29FeN3O2+2. The minimum atomic E-state index is -0.297. The molecule has 158 valence electrons. The summed E-state index contributed by atoms with van der Waals surface area (Å²) in [6, 6.07) is 0.495. The SMILES string of the molecule is CCOC(=O)/C=C(\C)N1N=C2C3CCN(CC3)[C@@H]2[C@H]1[C]1[CH][CH][CH][CH]1.[CH]1[CH][CH][CH][CH]1.[Fe+2]. The van der Waals surface area contributed by atoms with Crippen LogP contribution in [0.2, 0.25) is 0 Å². The zero-order valence-electron chi connectivity index (χ0n) is 17.6. The Bertz CT molecular complexity index is 625. The van der Waals surface area contributed by atoms with E-state index in [0.717, 1.165) is 18.8 Å². The predicted molar refractivity (Wildman–Crippen MR) is 113 cm³/mol. The molecule has 0 amide bonds. The second-order valence-corrected chi connectivity index (χ2v) is 7.79. The molecule has 4 heterocycles. The first kappa shape index (κ1) is 23.8. The van der Waals surface area contributed by atoms with Crippen LogP contribution >= 0.6 is 0 Å². The molecule has 6 aliphatic rings. The van der Waals surface area contributed by atoms with Crippen molar-refractivity contribution in [3.63, 3.8) is 0 Å². The molecular weight excluding hydrogens is 418 g/mol. The van der Waals surface area contributed by atoms with Crippen molar-refractivity contribution in [2.45, 2.75) is 38.8 Å². The van der Waals surface area contributed by atoms with Gasteiger partial charge in [0.25, 0.3) is 0 Å². The average Bonchev–Trinajstić information content (AvgIpc) is 3.51. The summed E-state index contributed by atoms with van der Waals surface area (Å²) in [6.45, 7) is 6.47. The molecule has 2 atom stereocenters. The zero-order chi connectivity index (χ0) is 20.2. The summed E-state index contributed by atoms with van der Waals surface area (Å²) in [4.78, 5) is 14.4. The van der Waals surface area contributed by atoms with Gasteiger partial charge in [0.15, 0.2) is 0 Å². The van der Waals surface area contributed by atoms with Gasteiger partial charge >= 0.3 is 23.0 Å². The number of hydrazone groups is 1. The van der Waals surface area contributed by atoms with Crippen LogP contribution in [0, 0.1) is 69.6 Å². The van der Waals surface area contributed by atoms with E-state index in [2.05, 4.69) is 30.6 Å². The van der Waals surface area contributed by atoms with E-state index >= 15 is 0 Å². The smallest absolute Gasteiger partial charge is 0.463 e. The maximum absolute atomic E-state index is 11.9. The van der Waals surface area contributed by atoms with Gasteiger partial charge < -0.3 is 4.74 Å². The van der Waals surface area contributed by atoms with Crippen LogP contribution in [-0.4, -0.2) is 53.4 Å². The summed E-state index contributed by atoms with van der Waals surface area (Å²) in [6.07, 6.45) is 22.5. The molecule has 0 aromatic carbocycles. The van der Waals surface area contributed by atoms with Gasteiger partial charge in [0, 0.05) is 23.6 Å². The van der Waals surface area contributed by atoms with Crippen LogP contribution in [0.4, 0.5) is 0 Å². The first-order valence-corrected chi connectivity index (χ1v) is 10.5. The Kier molecular flexibility index (Phi) is 8.85. The van der Waals surface area contributed by atoms with Crippen LogP contribution in [0.15, 0.2) is 16.9 Å². The molecule has 0 N–H and O–H groups in total. The van der Waals surface area contributed by atoms with Crippen LogP contribution in [0.5, 0.6) is 0 Å². The number of fused-ring (bicyclic) bond motifs is 2. The summed E-state index contributed by atoms with van der Waals surface area (Å²) in [5.41, 5.74) is 2.15. The van der Waals surface area contributed by atoms with E-state index in [0.29, 0.717) is 18.6 Å². The van der Waals surface area contributed by atoms with Crippen molar-refractivity contribution < 1.29 is 26.6 Å². The van der Waals surface area contributed by atoms with Gasteiger partial charge in [-0.1, -0.05) is 0 Å². The third-order valence-electron chi connectivity index (χ3n) is 5.99. The fourth-order valence-corrected chi connectivity index (χ4v) is 4.67. The van der Waals surface area contributed by atoms with Crippen molar-refractivity contribution in [2.24, 2.45) is 11.0 Å². The summed E-state index contributed by atoms with van der Waals surface area (Å²) < 4.78 is 5.07. The maximum atomic E-state index is 11.9. The number of hydrogen-bond donors (Lipinski definition) is 0. The van der Waals surface area contributed by atoms with E-state index in [9.17, 15) is 4.79 Å². The molecule has 3 saturated heterocycles. The van der Waals surface area contributed by atoms with Crippen molar-refractivity contribution >= 4 is 11.7 Å². The van der Waals surface area contributed by atoms with Gasteiger partial charge in [0.05, 0.1) is 24.4 Å². The molecule has 4 aliphatic heterocycles. The first-order valence-electron chi connectivity index (χ1n) is 10.5. The second-order valence-electron chi connectivity index (χ2n) is 7.79. The number of carbonyl (C=O) groups is 1. The average molecular weight is 447 g/mol. The second kappa shape index (κ2) is 11.2. The zero-order valence-corrected chi connectivity index (χ0v) is 18.7. The molecule has 2 bridgehead atoms. The molecule has 5 fully saturated rings. The Hall–Kier alpha value is -0.841.